The number of hydrogen-bond donors (Lipinski definition) is 1. The van der Waals surface area contributed by atoms with Gasteiger partial charge in [0, 0.05) is 64.0 Å². The number of nitrogens with zero attached hydrogens (tertiary/aromatic N) is 3. The molecule has 0 aromatic rings. The highest BCUT2D eigenvalue weighted by atomic mass is 127. The summed E-state index contributed by atoms with van der Waals surface area (Å²) in [6.07, 6.45) is 3.73. The first-order chi connectivity index (χ1) is 11.3. The van der Waals surface area contributed by atoms with Crippen LogP contribution in [0.5, 0.6) is 0 Å². The molecule has 3 aliphatic heterocycles. The van der Waals surface area contributed by atoms with Crippen molar-refractivity contribution in [1.29, 1.82) is 0 Å². The summed E-state index contributed by atoms with van der Waals surface area (Å²) in [7, 11) is 0. The number of likely N-dealkylation sites (tertiary alicyclic amines) is 1. The highest BCUT2D eigenvalue weighted by Crippen LogP contribution is 2.39. The average Bonchev–Trinajstić information content (AvgIpc) is 2.99. The number of halogens is 1. The topological polar surface area (TPSA) is 40.1 Å². The number of thioether (sulfide) groups is 1. The lowest BCUT2D eigenvalue weighted by atomic mass is 9.80. The van der Waals surface area contributed by atoms with Gasteiger partial charge in [0.05, 0.1) is 6.54 Å². The summed E-state index contributed by atoms with van der Waals surface area (Å²) in [4.78, 5) is 9.96. The van der Waals surface area contributed by atoms with Crippen LogP contribution >= 0.6 is 35.7 Å². The molecule has 0 amide bonds. The molecule has 0 aromatic carbocycles. The van der Waals surface area contributed by atoms with Gasteiger partial charge in [0.15, 0.2) is 5.96 Å². The lowest BCUT2D eigenvalue weighted by molar-refractivity contribution is 0.0217. The summed E-state index contributed by atoms with van der Waals surface area (Å²) < 4.78 is 5.56. The molecule has 0 aromatic heterocycles. The molecular formula is C17H33IN4OS. The molecule has 24 heavy (non-hydrogen) atoms. The number of aliphatic imine (C=N–C) groups is 1. The van der Waals surface area contributed by atoms with E-state index in [4.69, 9.17) is 9.73 Å². The number of ether oxygens (including phenoxy) is 1. The van der Waals surface area contributed by atoms with Gasteiger partial charge in [-0.1, -0.05) is 0 Å². The Bertz CT molecular complexity index is 398. The molecule has 0 aliphatic carbocycles. The van der Waals surface area contributed by atoms with Crippen LogP contribution in [0.4, 0.5) is 0 Å². The van der Waals surface area contributed by atoms with Crippen LogP contribution in [0.3, 0.4) is 0 Å². The predicted molar refractivity (Wildman–Crippen MR) is 114 cm³/mol. The molecular weight excluding hydrogens is 435 g/mol. The summed E-state index contributed by atoms with van der Waals surface area (Å²) in [6, 6.07) is 0. The second-order valence-electron chi connectivity index (χ2n) is 6.97. The van der Waals surface area contributed by atoms with E-state index in [2.05, 4.69) is 33.8 Å². The zero-order valence-electron chi connectivity index (χ0n) is 15.0. The summed E-state index contributed by atoms with van der Waals surface area (Å²) in [6.45, 7) is 11.8. The Morgan fingerprint density at radius 3 is 2.62 bits per heavy atom. The van der Waals surface area contributed by atoms with Crippen molar-refractivity contribution in [3.63, 3.8) is 0 Å². The van der Waals surface area contributed by atoms with Gasteiger partial charge in [-0.2, -0.15) is 11.8 Å². The molecule has 140 valence electrons. The first-order valence-corrected chi connectivity index (χ1v) is 10.4. The van der Waals surface area contributed by atoms with E-state index in [9.17, 15) is 0 Å². The van der Waals surface area contributed by atoms with Crippen molar-refractivity contribution in [3.8, 4) is 0 Å². The van der Waals surface area contributed by atoms with Crippen LogP contribution in [0.1, 0.15) is 26.2 Å². The van der Waals surface area contributed by atoms with E-state index >= 15 is 0 Å². The minimum Gasteiger partial charge on any atom is -0.381 e. The largest absolute Gasteiger partial charge is 0.381 e. The van der Waals surface area contributed by atoms with Crippen molar-refractivity contribution in [2.45, 2.75) is 26.2 Å². The molecule has 0 atom stereocenters. The van der Waals surface area contributed by atoms with Crippen molar-refractivity contribution in [2.75, 3.05) is 70.5 Å². The molecule has 3 heterocycles. The lowest BCUT2D eigenvalue weighted by Gasteiger charge is -2.33. The van der Waals surface area contributed by atoms with E-state index in [1.807, 2.05) is 0 Å². The van der Waals surface area contributed by atoms with Gasteiger partial charge in [-0.05, 0) is 31.6 Å². The van der Waals surface area contributed by atoms with E-state index in [1.54, 1.807) is 0 Å². The fraction of sp³-hybridized carbons (Fsp3) is 0.941. The second kappa shape index (κ2) is 10.4. The fourth-order valence-electron chi connectivity index (χ4n) is 3.88. The third kappa shape index (κ3) is 5.64. The molecule has 0 radical (unpaired) electrons. The molecule has 0 saturated carbocycles. The Morgan fingerprint density at radius 1 is 1.17 bits per heavy atom. The Morgan fingerprint density at radius 2 is 1.92 bits per heavy atom. The minimum absolute atomic E-state index is 0. The van der Waals surface area contributed by atoms with Gasteiger partial charge in [0.25, 0.3) is 0 Å². The van der Waals surface area contributed by atoms with Crippen molar-refractivity contribution in [1.82, 2.24) is 15.1 Å². The van der Waals surface area contributed by atoms with Crippen LogP contribution < -0.4 is 5.32 Å². The van der Waals surface area contributed by atoms with E-state index in [-0.39, 0.29) is 24.0 Å². The second-order valence-corrected chi connectivity index (χ2v) is 8.20. The van der Waals surface area contributed by atoms with Crippen LogP contribution in [-0.4, -0.2) is 86.3 Å². The predicted octanol–water partition coefficient (Wildman–Crippen LogP) is 2.12. The third-order valence-corrected chi connectivity index (χ3v) is 6.35. The summed E-state index contributed by atoms with van der Waals surface area (Å²) >= 11 is 2.07. The first kappa shape index (κ1) is 20.6. The van der Waals surface area contributed by atoms with Crippen molar-refractivity contribution in [2.24, 2.45) is 10.4 Å². The number of guanidine groups is 1. The Balaban J connectivity index is 0.00000208. The Hall–Kier alpha value is 0.270. The molecule has 7 heteroatoms. The van der Waals surface area contributed by atoms with Gasteiger partial charge >= 0.3 is 0 Å². The van der Waals surface area contributed by atoms with E-state index in [0.717, 1.165) is 51.9 Å². The van der Waals surface area contributed by atoms with Gasteiger partial charge in [0.1, 0.15) is 0 Å². The maximum Gasteiger partial charge on any atom is 0.193 e. The molecule has 3 fully saturated rings. The standard InChI is InChI=1S/C17H32N4OS.HI/c1-2-18-16(19-6-8-20-9-13-23-14-10-20)21-7-3-17(15-21)4-11-22-12-5-17;/h2-15H2,1H3,(H,18,19);1H. The zero-order chi connectivity index (χ0) is 16.0. The smallest absolute Gasteiger partial charge is 0.193 e. The number of hydrogen-bond acceptors (Lipinski definition) is 4. The molecule has 3 saturated heterocycles. The van der Waals surface area contributed by atoms with E-state index in [1.165, 1.54) is 43.9 Å². The van der Waals surface area contributed by atoms with Gasteiger partial charge in [-0.25, -0.2) is 0 Å². The van der Waals surface area contributed by atoms with Gasteiger partial charge in [0.2, 0.25) is 0 Å². The SMILES string of the molecule is CCNC(=NCCN1CCSCC1)N1CCC2(CCOCC2)C1.I. The van der Waals surface area contributed by atoms with Crippen LogP contribution in [0.15, 0.2) is 4.99 Å². The molecule has 0 unspecified atom stereocenters. The summed E-state index contributed by atoms with van der Waals surface area (Å²) in [5.41, 5.74) is 0.485. The molecule has 0 bridgehead atoms. The zero-order valence-corrected chi connectivity index (χ0v) is 18.1. The Labute approximate surface area is 168 Å². The monoisotopic (exact) mass is 468 g/mol. The number of nitrogens with one attached hydrogen (secondary N) is 1. The average molecular weight is 468 g/mol. The quantitative estimate of drug-likeness (QED) is 0.389. The molecule has 3 rings (SSSR count). The Kier molecular flexibility index (Phi) is 8.94. The van der Waals surface area contributed by atoms with Gasteiger partial charge in [-0.3, -0.25) is 9.89 Å². The van der Waals surface area contributed by atoms with Crippen molar-refractivity contribution >= 4 is 41.7 Å². The third-order valence-electron chi connectivity index (χ3n) is 5.41. The van der Waals surface area contributed by atoms with Gasteiger partial charge in [-0.15, -0.1) is 24.0 Å². The normalized spacial score (nSPS) is 24.9. The fourth-order valence-corrected chi connectivity index (χ4v) is 4.86. The van der Waals surface area contributed by atoms with Crippen LogP contribution in [-0.2, 0) is 4.74 Å². The number of rotatable bonds is 4. The first-order valence-electron chi connectivity index (χ1n) is 9.22. The summed E-state index contributed by atoms with van der Waals surface area (Å²) in [5.74, 6) is 3.68. The van der Waals surface area contributed by atoms with Crippen molar-refractivity contribution in [3.05, 3.63) is 0 Å². The minimum atomic E-state index is 0. The van der Waals surface area contributed by atoms with Crippen LogP contribution in [0, 0.1) is 5.41 Å². The maximum atomic E-state index is 5.56. The van der Waals surface area contributed by atoms with Crippen LogP contribution in [0.2, 0.25) is 0 Å². The van der Waals surface area contributed by atoms with E-state index < -0.39 is 0 Å². The molecule has 1 spiro atoms. The maximum absolute atomic E-state index is 5.56. The summed E-state index contributed by atoms with van der Waals surface area (Å²) in [5, 5.41) is 3.51. The molecule has 1 N–H and O–H groups in total. The van der Waals surface area contributed by atoms with Crippen LogP contribution in [0.25, 0.3) is 0 Å². The van der Waals surface area contributed by atoms with E-state index in [0.29, 0.717) is 5.41 Å². The molecule has 5 nitrogen and oxygen atoms in total. The molecule has 3 aliphatic rings. The lowest BCUT2D eigenvalue weighted by Crippen LogP contribution is -2.43. The highest BCUT2D eigenvalue weighted by molar-refractivity contribution is 14.0. The highest BCUT2D eigenvalue weighted by Gasteiger charge is 2.40. The van der Waals surface area contributed by atoms with Gasteiger partial charge < -0.3 is 15.0 Å². The van der Waals surface area contributed by atoms with Crippen molar-refractivity contribution < 1.29 is 4.74 Å².